The van der Waals surface area contributed by atoms with Crippen LogP contribution in [-0.4, -0.2) is 38.2 Å². The van der Waals surface area contributed by atoms with Gasteiger partial charge in [0.25, 0.3) is 5.91 Å². The SMILES string of the molecule is Cn1cccc1-c1cc(C(=O)N2CCCCC2)n(C)n1. The molecule has 0 spiro atoms. The first-order chi connectivity index (χ1) is 9.66. The van der Waals surface area contributed by atoms with Gasteiger partial charge in [-0.15, -0.1) is 0 Å². The van der Waals surface area contributed by atoms with E-state index < -0.39 is 0 Å². The Morgan fingerprint density at radius 2 is 1.95 bits per heavy atom. The highest BCUT2D eigenvalue weighted by Crippen LogP contribution is 2.20. The average Bonchev–Trinajstić information content (AvgIpc) is 3.05. The van der Waals surface area contributed by atoms with Gasteiger partial charge >= 0.3 is 0 Å². The third-order valence-electron chi connectivity index (χ3n) is 3.95. The molecule has 0 radical (unpaired) electrons. The van der Waals surface area contributed by atoms with E-state index in [9.17, 15) is 4.79 Å². The Bertz CT molecular complexity index is 620. The van der Waals surface area contributed by atoms with Crippen molar-refractivity contribution >= 4 is 5.91 Å². The normalized spacial score (nSPS) is 15.6. The van der Waals surface area contributed by atoms with Gasteiger partial charge in [-0.05, 0) is 37.5 Å². The second-order valence-electron chi connectivity index (χ2n) is 5.40. The molecule has 0 unspecified atom stereocenters. The maximum absolute atomic E-state index is 12.5. The maximum atomic E-state index is 12.5. The predicted octanol–water partition coefficient (Wildman–Crippen LogP) is 2.05. The van der Waals surface area contributed by atoms with Crippen molar-refractivity contribution in [2.45, 2.75) is 19.3 Å². The van der Waals surface area contributed by atoms with Crippen LogP contribution in [0.2, 0.25) is 0 Å². The molecule has 2 aromatic heterocycles. The van der Waals surface area contributed by atoms with Gasteiger partial charge in [-0.3, -0.25) is 9.48 Å². The van der Waals surface area contributed by atoms with Crippen LogP contribution >= 0.6 is 0 Å². The Hall–Kier alpha value is -2.04. The summed E-state index contributed by atoms with van der Waals surface area (Å²) in [7, 11) is 3.82. The van der Waals surface area contributed by atoms with E-state index in [0.717, 1.165) is 37.3 Å². The van der Waals surface area contributed by atoms with E-state index in [2.05, 4.69) is 5.10 Å². The number of rotatable bonds is 2. The van der Waals surface area contributed by atoms with Crippen LogP contribution in [-0.2, 0) is 14.1 Å². The van der Waals surface area contributed by atoms with Gasteiger partial charge in [-0.2, -0.15) is 5.10 Å². The van der Waals surface area contributed by atoms with Crippen LogP contribution in [0.1, 0.15) is 29.8 Å². The van der Waals surface area contributed by atoms with Crippen LogP contribution < -0.4 is 0 Å². The Kier molecular flexibility index (Phi) is 3.34. The molecule has 1 aliphatic heterocycles. The number of carbonyl (C=O) groups excluding carboxylic acids is 1. The zero-order valence-corrected chi connectivity index (χ0v) is 12.0. The standard InChI is InChI=1S/C15H20N4O/c1-17-8-6-7-13(17)12-11-14(18(2)16-12)15(20)19-9-4-3-5-10-19/h6-8,11H,3-5,9-10H2,1-2H3. The van der Waals surface area contributed by atoms with E-state index in [1.54, 1.807) is 4.68 Å². The van der Waals surface area contributed by atoms with Gasteiger partial charge in [-0.25, -0.2) is 0 Å². The van der Waals surface area contributed by atoms with Crippen LogP contribution in [0, 0.1) is 0 Å². The summed E-state index contributed by atoms with van der Waals surface area (Å²) < 4.78 is 3.71. The lowest BCUT2D eigenvalue weighted by Crippen LogP contribution is -2.36. The molecule has 3 heterocycles. The highest BCUT2D eigenvalue weighted by Gasteiger charge is 2.22. The molecule has 0 N–H and O–H groups in total. The van der Waals surface area contributed by atoms with Crippen LogP contribution in [0.15, 0.2) is 24.4 Å². The minimum absolute atomic E-state index is 0.0974. The third kappa shape index (κ3) is 2.24. The quantitative estimate of drug-likeness (QED) is 0.839. The van der Waals surface area contributed by atoms with Gasteiger partial charge in [0.2, 0.25) is 0 Å². The molecule has 0 aromatic carbocycles. The van der Waals surface area contributed by atoms with Crippen LogP contribution in [0.3, 0.4) is 0 Å². The zero-order chi connectivity index (χ0) is 14.1. The first-order valence-electron chi connectivity index (χ1n) is 7.12. The Morgan fingerprint density at radius 1 is 1.20 bits per heavy atom. The molecule has 1 saturated heterocycles. The number of likely N-dealkylation sites (tertiary alicyclic amines) is 1. The molecule has 2 aromatic rings. The molecular weight excluding hydrogens is 252 g/mol. The minimum atomic E-state index is 0.0974. The molecule has 0 aliphatic carbocycles. The van der Waals surface area contributed by atoms with Crippen LogP contribution in [0.25, 0.3) is 11.4 Å². The summed E-state index contributed by atoms with van der Waals surface area (Å²) in [6.45, 7) is 1.73. The molecule has 1 aliphatic rings. The summed E-state index contributed by atoms with van der Waals surface area (Å²) >= 11 is 0. The van der Waals surface area contributed by atoms with Gasteiger partial charge in [0.1, 0.15) is 11.4 Å². The van der Waals surface area contributed by atoms with Crippen molar-refractivity contribution in [1.82, 2.24) is 19.2 Å². The number of aryl methyl sites for hydroxylation is 2. The zero-order valence-electron chi connectivity index (χ0n) is 12.0. The summed E-state index contributed by atoms with van der Waals surface area (Å²) in [5, 5.41) is 4.48. The Morgan fingerprint density at radius 3 is 2.60 bits per heavy atom. The van der Waals surface area contributed by atoms with Gasteiger partial charge in [-0.1, -0.05) is 0 Å². The van der Waals surface area contributed by atoms with Crippen molar-refractivity contribution in [3.63, 3.8) is 0 Å². The van der Waals surface area contributed by atoms with Crippen molar-refractivity contribution in [2.75, 3.05) is 13.1 Å². The maximum Gasteiger partial charge on any atom is 0.272 e. The lowest BCUT2D eigenvalue weighted by atomic mass is 10.1. The Balaban J connectivity index is 1.89. The van der Waals surface area contributed by atoms with Crippen molar-refractivity contribution in [3.05, 3.63) is 30.1 Å². The van der Waals surface area contributed by atoms with E-state index in [1.807, 2.05) is 48.0 Å². The molecule has 0 saturated carbocycles. The number of nitrogens with zero attached hydrogens (tertiary/aromatic N) is 4. The topological polar surface area (TPSA) is 43.1 Å². The fourth-order valence-corrected chi connectivity index (χ4v) is 2.78. The smallest absolute Gasteiger partial charge is 0.272 e. The number of hydrogen-bond donors (Lipinski definition) is 0. The molecule has 1 fully saturated rings. The van der Waals surface area contributed by atoms with Crippen molar-refractivity contribution in [2.24, 2.45) is 14.1 Å². The third-order valence-corrected chi connectivity index (χ3v) is 3.95. The first kappa shape index (κ1) is 13.0. The van der Waals surface area contributed by atoms with Gasteiger partial charge < -0.3 is 9.47 Å². The van der Waals surface area contributed by atoms with Crippen LogP contribution in [0.4, 0.5) is 0 Å². The van der Waals surface area contributed by atoms with E-state index in [0.29, 0.717) is 5.69 Å². The second kappa shape index (κ2) is 5.15. The summed E-state index contributed by atoms with van der Waals surface area (Å²) in [6.07, 6.45) is 5.42. The first-order valence-corrected chi connectivity index (χ1v) is 7.12. The molecule has 0 atom stereocenters. The van der Waals surface area contributed by atoms with E-state index in [-0.39, 0.29) is 5.91 Å². The molecule has 5 nitrogen and oxygen atoms in total. The summed E-state index contributed by atoms with van der Waals surface area (Å²) in [5.41, 5.74) is 2.54. The lowest BCUT2D eigenvalue weighted by Gasteiger charge is -2.26. The number of piperidine rings is 1. The number of aromatic nitrogens is 3. The van der Waals surface area contributed by atoms with E-state index >= 15 is 0 Å². The predicted molar refractivity (Wildman–Crippen MR) is 77.4 cm³/mol. The highest BCUT2D eigenvalue weighted by atomic mass is 16.2. The molecule has 1 amide bonds. The molecule has 3 rings (SSSR count). The van der Waals surface area contributed by atoms with Crippen molar-refractivity contribution < 1.29 is 4.79 Å². The molecule has 0 bridgehead atoms. The fraction of sp³-hybridized carbons (Fsp3) is 0.467. The van der Waals surface area contributed by atoms with Gasteiger partial charge in [0.05, 0.1) is 5.69 Å². The van der Waals surface area contributed by atoms with Crippen LogP contribution in [0.5, 0.6) is 0 Å². The number of carbonyl (C=O) groups is 1. The lowest BCUT2D eigenvalue weighted by molar-refractivity contribution is 0.0713. The van der Waals surface area contributed by atoms with E-state index in [1.165, 1.54) is 6.42 Å². The van der Waals surface area contributed by atoms with Crippen molar-refractivity contribution in [1.29, 1.82) is 0 Å². The Labute approximate surface area is 118 Å². The second-order valence-corrected chi connectivity index (χ2v) is 5.40. The fourth-order valence-electron chi connectivity index (χ4n) is 2.78. The molecular formula is C15H20N4O. The average molecular weight is 272 g/mol. The van der Waals surface area contributed by atoms with E-state index in [4.69, 9.17) is 0 Å². The van der Waals surface area contributed by atoms with Crippen molar-refractivity contribution in [3.8, 4) is 11.4 Å². The molecule has 20 heavy (non-hydrogen) atoms. The molecule has 5 heteroatoms. The molecule has 106 valence electrons. The largest absolute Gasteiger partial charge is 0.349 e. The highest BCUT2D eigenvalue weighted by molar-refractivity contribution is 5.93. The van der Waals surface area contributed by atoms with Gasteiger partial charge in [0.15, 0.2) is 0 Å². The number of amides is 1. The monoisotopic (exact) mass is 272 g/mol. The summed E-state index contributed by atoms with van der Waals surface area (Å²) in [6, 6.07) is 5.89. The van der Waals surface area contributed by atoms with Gasteiger partial charge in [0, 0.05) is 33.4 Å². The minimum Gasteiger partial charge on any atom is -0.349 e. The summed E-state index contributed by atoms with van der Waals surface area (Å²) in [5.74, 6) is 0.0974. The summed E-state index contributed by atoms with van der Waals surface area (Å²) in [4.78, 5) is 14.5. The number of hydrogen-bond acceptors (Lipinski definition) is 2.